The van der Waals surface area contributed by atoms with Crippen molar-refractivity contribution in [1.29, 1.82) is 5.26 Å². The van der Waals surface area contributed by atoms with Gasteiger partial charge in [-0.3, -0.25) is 0 Å². The first-order valence-electron chi connectivity index (χ1n) is 10.0. The van der Waals surface area contributed by atoms with Crippen LogP contribution < -0.4 is 4.74 Å². The molecule has 0 amide bonds. The van der Waals surface area contributed by atoms with E-state index in [9.17, 15) is 5.26 Å². The first kappa shape index (κ1) is 19.4. The summed E-state index contributed by atoms with van der Waals surface area (Å²) in [6.45, 7) is 2.46. The van der Waals surface area contributed by atoms with Crippen LogP contribution >= 0.6 is 0 Å². The molecule has 1 atom stereocenters. The third-order valence-electron chi connectivity index (χ3n) is 5.06. The van der Waals surface area contributed by atoms with Gasteiger partial charge in [-0.15, -0.1) is 5.10 Å². The number of fused-ring (bicyclic) bond motifs is 1. The van der Waals surface area contributed by atoms with E-state index < -0.39 is 0 Å². The van der Waals surface area contributed by atoms with Gasteiger partial charge in [-0.25, -0.2) is 14.2 Å². The van der Waals surface area contributed by atoms with Gasteiger partial charge in [0, 0.05) is 17.3 Å². The number of tetrazole rings is 1. The summed E-state index contributed by atoms with van der Waals surface area (Å²) in [7, 11) is 0. The third kappa shape index (κ3) is 3.54. The van der Waals surface area contributed by atoms with Crippen LogP contribution in [-0.2, 0) is 6.54 Å². The minimum atomic E-state index is -0.181. The molecule has 0 aliphatic heterocycles. The highest BCUT2D eigenvalue weighted by atomic mass is 16.5. The predicted molar refractivity (Wildman–Crippen MR) is 116 cm³/mol. The summed E-state index contributed by atoms with van der Waals surface area (Å²) in [5, 5.41) is 25.5. The summed E-state index contributed by atoms with van der Waals surface area (Å²) in [6.07, 6.45) is 4.81. The highest BCUT2D eigenvalue weighted by Gasteiger charge is 2.20. The number of aromatic nitrogens is 7. The molecule has 2 aromatic carbocycles. The molecule has 3 heterocycles. The molecule has 0 aliphatic rings. The van der Waals surface area contributed by atoms with Crippen LogP contribution in [0.1, 0.15) is 12.5 Å². The number of rotatable bonds is 6. The third-order valence-corrected chi connectivity index (χ3v) is 5.06. The van der Waals surface area contributed by atoms with Gasteiger partial charge in [-0.05, 0) is 47.2 Å². The topological polar surface area (TPSA) is 107 Å². The lowest BCUT2D eigenvalue weighted by Gasteiger charge is -2.19. The van der Waals surface area contributed by atoms with Crippen LogP contribution in [0.25, 0.3) is 28.0 Å². The van der Waals surface area contributed by atoms with Crippen molar-refractivity contribution in [2.45, 2.75) is 19.6 Å². The average Bonchev–Trinajstić information content (AvgIpc) is 3.49. The van der Waals surface area contributed by atoms with Crippen molar-refractivity contribution in [3.63, 3.8) is 0 Å². The van der Waals surface area contributed by atoms with Gasteiger partial charge in [0.2, 0.25) is 0 Å². The summed E-state index contributed by atoms with van der Waals surface area (Å²) < 4.78 is 9.63. The molecule has 0 spiro atoms. The maximum Gasteiger partial charge on any atom is 0.154 e. The lowest BCUT2D eigenvalue weighted by Crippen LogP contribution is -2.20. The van der Waals surface area contributed by atoms with Gasteiger partial charge in [0.05, 0.1) is 30.1 Å². The smallest absolute Gasteiger partial charge is 0.154 e. The number of hydrogen-bond donors (Lipinski definition) is 0. The Kier molecular flexibility index (Phi) is 5.01. The highest BCUT2D eigenvalue weighted by Crippen LogP contribution is 2.39. The second-order valence-electron chi connectivity index (χ2n) is 7.23. The van der Waals surface area contributed by atoms with Gasteiger partial charge >= 0.3 is 0 Å². The SMILES string of the molecule is C[C@@H](Cn1cnnn1)Oc1ccccc1-c1cccc(C#N)c1-c1cnc2cccnn12. The minimum absolute atomic E-state index is 0.181. The van der Waals surface area contributed by atoms with Crippen LogP contribution in [0.15, 0.2) is 73.3 Å². The first-order valence-corrected chi connectivity index (χ1v) is 10.0. The molecule has 0 fully saturated rings. The molecule has 0 saturated heterocycles. The Morgan fingerprint density at radius 2 is 1.94 bits per heavy atom. The number of ether oxygens (including phenoxy) is 1. The van der Waals surface area contributed by atoms with Crippen molar-refractivity contribution >= 4 is 5.65 Å². The summed E-state index contributed by atoms with van der Waals surface area (Å²) in [4.78, 5) is 4.46. The summed E-state index contributed by atoms with van der Waals surface area (Å²) in [5.74, 6) is 0.700. The molecule has 0 bridgehead atoms. The Morgan fingerprint density at radius 3 is 2.78 bits per heavy atom. The van der Waals surface area contributed by atoms with Gasteiger partial charge in [0.1, 0.15) is 18.2 Å². The zero-order valence-corrected chi connectivity index (χ0v) is 17.2. The Balaban J connectivity index is 1.62. The number of imidazole rings is 1. The molecule has 9 heteroatoms. The van der Waals surface area contributed by atoms with Gasteiger partial charge < -0.3 is 4.74 Å². The van der Waals surface area contributed by atoms with Gasteiger partial charge in [0.15, 0.2) is 5.65 Å². The largest absolute Gasteiger partial charge is 0.488 e. The fraction of sp³-hybridized carbons (Fsp3) is 0.130. The maximum atomic E-state index is 9.87. The monoisotopic (exact) mass is 422 g/mol. The number of hydrogen-bond acceptors (Lipinski definition) is 7. The molecule has 0 aliphatic carbocycles. The van der Waals surface area contributed by atoms with Crippen molar-refractivity contribution in [2.75, 3.05) is 0 Å². The van der Waals surface area contributed by atoms with Crippen molar-refractivity contribution in [3.8, 4) is 34.2 Å². The molecule has 156 valence electrons. The number of benzene rings is 2. The van der Waals surface area contributed by atoms with E-state index in [1.807, 2.05) is 55.5 Å². The Labute approximate surface area is 183 Å². The first-order chi connectivity index (χ1) is 15.7. The van der Waals surface area contributed by atoms with E-state index in [0.717, 1.165) is 22.4 Å². The van der Waals surface area contributed by atoms with Crippen molar-refractivity contribution in [3.05, 3.63) is 78.9 Å². The zero-order chi connectivity index (χ0) is 21.9. The lowest BCUT2D eigenvalue weighted by molar-refractivity contribution is 0.194. The number of para-hydroxylation sites is 1. The molecule has 32 heavy (non-hydrogen) atoms. The molecule has 9 nitrogen and oxygen atoms in total. The van der Waals surface area contributed by atoms with E-state index in [2.05, 4.69) is 31.7 Å². The molecule has 3 aromatic heterocycles. The van der Waals surface area contributed by atoms with Crippen LogP contribution in [-0.4, -0.2) is 40.9 Å². The van der Waals surface area contributed by atoms with Crippen molar-refractivity contribution in [2.24, 2.45) is 0 Å². The molecule has 0 saturated carbocycles. The molecule has 5 aromatic rings. The minimum Gasteiger partial charge on any atom is -0.488 e. The quantitative estimate of drug-likeness (QED) is 0.413. The highest BCUT2D eigenvalue weighted by molar-refractivity contribution is 5.88. The number of nitrogens with zero attached hydrogens (tertiary/aromatic N) is 8. The zero-order valence-electron chi connectivity index (χ0n) is 17.2. The second-order valence-corrected chi connectivity index (χ2v) is 7.23. The molecule has 0 radical (unpaired) electrons. The van der Waals surface area contributed by atoms with E-state index in [0.29, 0.717) is 23.5 Å². The molecule has 0 N–H and O–H groups in total. The van der Waals surface area contributed by atoms with Crippen LogP contribution in [0, 0.1) is 11.3 Å². The molecule has 0 unspecified atom stereocenters. The van der Waals surface area contributed by atoms with Crippen molar-refractivity contribution < 1.29 is 4.74 Å². The molecular weight excluding hydrogens is 404 g/mol. The Bertz CT molecular complexity index is 1420. The normalized spacial score (nSPS) is 11.9. The Hall–Kier alpha value is -4.58. The van der Waals surface area contributed by atoms with Crippen molar-refractivity contribution in [1.82, 2.24) is 34.8 Å². The van der Waals surface area contributed by atoms with Gasteiger partial charge in [0.25, 0.3) is 0 Å². The fourth-order valence-corrected chi connectivity index (χ4v) is 3.72. The van der Waals surface area contributed by atoms with E-state index in [1.165, 1.54) is 0 Å². The average molecular weight is 422 g/mol. The van der Waals surface area contributed by atoms with E-state index in [4.69, 9.17) is 4.74 Å². The second kappa shape index (κ2) is 8.28. The molecular formula is C23H18N8O. The summed E-state index contributed by atoms with van der Waals surface area (Å²) >= 11 is 0. The maximum absolute atomic E-state index is 9.87. The lowest BCUT2D eigenvalue weighted by atomic mass is 9.93. The Morgan fingerprint density at radius 1 is 1.06 bits per heavy atom. The van der Waals surface area contributed by atoms with Crippen LogP contribution in [0.3, 0.4) is 0 Å². The van der Waals surface area contributed by atoms with Gasteiger partial charge in [-0.1, -0.05) is 30.3 Å². The number of nitriles is 1. The molecule has 5 rings (SSSR count). The van der Waals surface area contributed by atoms with E-state index in [-0.39, 0.29) is 6.10 Å². The van der Waals surface area contributed by atoms with E-state index in [1.54, 1.807) is 34.0 Å². The van der Waals surface area contributed by atoms with Gasteiger partial charge in [-0.2, -0.15) is 10.4 Å². The van der Waals surface area contributed by atoms with E-state index >= 15 is 0 Å². The predicted octanol–water partition coefficient (Wildman–Crippen LogP) is 3.39. The van der Waals surface area contributed by atoms with Crippen LogP contribution in [0.5, 0.6) is 5.75 Å². The summed E-state index contributed by atoms with van der Waals surface area (Å²) in [5.41, 5.74) is 4.47. The van der Waals surface area contributed by atoms with Crippen LogP contribution in [0.2, 0.25) is 0 Å². The fourth-order valence-electron chi connectivity index (χ4n) is 3.72. The standard InChI is InChI=1S/C23H18N8O/c1-16(14-30-15-26-28-29-30)32-21-9-3-2-7-18(21)19-8-4-6-17(12-24)23(19)20-13-25-22-10-5-11-27-31(20)22/h2-11,13,15-16H,14H2,1H3/t16-/m0/s1. The van der Waals surface area contributed by atoms with Crippen LogP contribution in [0.4, 0.5) is 0 Å². The summed E-state index contributed by atoms with van der Waals surface area (Å²) in [6, 6.07) is 19.4.